The Hall–Kier alpha value is -2.99. The Morgan fingerprint density at radius 2 is 1.77 bits per heavy atom. The van der Waals surface area contributed by atoms with Crippen LogP contribution in [0.1, 0.15) is 30.9 Å². The Bertz CT molecular complexity index is 1370. The minimum Gasteiger partial charge on any atom is -0.380 e. The third-order valence-electron chi connectivity index (χ3n) is 7.01. The number of carbonyl (C=O) groups excluding carboxylic acids is 1. The molecule has 1 saturated heterocycles. The van der Waals surface area contributed by atoms with E-state index in [9.17, 15) is 9.90 Å². The highest BCUT2D eigenvalue weighted by atomic mass is 35.5. The van der Waals surface area contributed by atoms with Crippen molar-refractivity contribution in [2.24, 2.45) is 5.92 Å². The van der Waals surface area contributed by atoms with E-state index in [1.54, 1.807) is 19.3 Å². The molecule has 5 nitrogen and oxygen atoms in total. The van der Waals surface area contributed by atoms with Crippen LogP contribution < -0.4 is 0 Å². The summed E-state index contributed by atoms with van der Waals surface area (Å²) in [7, 11) is 0. The number of nitrogens with zero attached hydrogens (tertiary/aromatic N) is 3. The zero-order valence-corrected chi connectivity index (χ0v) is 20.8. The third-order valence-corrected chi connectivity index (χ3v) is 7.68. The molecular weight excluding hydrogens is 481 g/mol. The van der Waals surface area contributed by atoms with Crippen LogP contribution >= 0.6 is 23.2 Å². The number of rotatable bonds is 4. The lowest BCUT2D eigenvalue weighted by atomic mass is 9.72. The Labute approximate surface area is 214 Å². The highest BCUT2D eigenvalue weighted by molar-refractivity contribution is 6.42. The van der Waals surface area contributed by atoms with Gasteiger partial charge in [-0.3, -0.25) is 9.78 Å². The number of halogens is 2. The van der Waals surface area contributed by atoms with Crippen molar-refractivity contribution >= 4 is 40.0 Å². The quantitative estimate of drug-likeness (QED) is 0.340. The highest BCUT2D eigenvalue weighted by Gasteiger charge is 2.42. The van der Waals surface area contributed by atoms with E-state index >= 15 is 0 Å². The van der Waals surface area contributed by atoms with E-state index in [0.717, 1.165) is 10.9 Å². The summed E-state index contributed by atoms with van der Waals surface area (Å²) < 4.78 is 0. The molecule has 0 radical (unpaired) electrons. The average Bonchev–Trinajstić information content (AvgIpc) is 2.89. The summed E-state index contributed by atoms with van der Waals surface area (Å²) in [6.07, 6.45) is 4.74. The van der Waals surface area contributed by atoms with Gasteiger partial charge in [-0.25, -0.2) is 4.98 Å². The molecular formula is C28H25Cl2N3O2. The molecule has 35 heavy (non-hydrogen) atoms. The SMILES string of the molecule is CC(=O)N1CCC(C(O)(c2cccnc2)c2ccc3nc(Cl)c(-c4ccccc4)c(Cl)c3c2)CC1. The minimum absolute atomic E-state index is 0.0576. The summed E-state index contributed by atoms with van der Waals surface area (Å²) in [6.45, 7) is 2.79. The van der Waals surface area contributed by atoms with E-state index < -0.39 is 5.60 Å². The van der Waals surface area contributed by atoms with Crippen molar-refractivity contribution in [3.63, 3.8) is 0 Å². The maximum Gasteiger partial charge on any atom is 0.219 e. The van der Waals surface area contributed by atoms with Gasteiger partial charge in [0, 0.05) is 48.9 Å². The van der Waals surface area contributed by atoms with Crippen LogP contribution in [0.4, 0.5) is 0 Å². The van der Waals surface area contributed by atoms with Gasteiger partial charge in [0.2, 0.25) is 5.91 Å². The minimum atomic E-state index is -1.30. The van der Waals surface area contributed by atoms with Crippen molar-refractivity contribution in [2.45, 2.75) is 25.4 Å². The van der Waals surface area contributed by atoms with Crippen molar-refractivity contribution in [2.75, 3.05) is 13.1 Å². The lowest BCUT2D eigenvalue weighted by Crippen LogP contribution is -2.45. The van der Waals surface area contributed by atoms with Crippen LogP contribution in [-0.2, 0) is 10.4 Å². The zero-order valence-electron chi connectivity index (χ0n) is 19.3. The number of hydrogen-bond acceptors (Lipinski definition) is 4. The van der Waals surface area contributed by atoms with Crippen LogP contribution in [0, 0.1) is 5.92 Å². The summed E-state index contributed by atoms with van der Waals surface area (Å²) in [5, 5.41) is 13.9. The predicted octanol–water partition coefficient (Wildman–Crippen LogP) is 6.10. The second kappa shape index (κ2) is 9.57. The largest absolute Gasteiger partial charge is 0.380 e. The first kappa shape index (κ1) is 23.7. The Morgan fingerprint density at radius 3 is 2.43 bits per heavy atom. The fourth-order valence-corrected chi connectivity index (χ4v) is 5.82. The highest BCUT2D eigenvalue weighted by Crippen LogP contribution is 2.44. The lowest BCUT2D eigenvalue weighted by molar-refractivity contribution is -0.131. The van der Waals surface area contributed by atoms with Gasteiger partial charge in [-0.2, -0.15) is 0 Å². The van der Waals surface area contributed by atoms with Gasteiger partial charge in [-0.1, -0.05) is 65.7 Å². The summed E-state index contributed by atoms with van der Waals surface area (Å²) in [6, 6.07) is 19.0. The van der Waals surface area contributed by atoms with E-state index in [2.05, 4.69) is 9.97 Å². The smallest absolute Gasteiger partial charge is 0.219 e. The lowest BCUT2D eigenvalue weighted by Gasteiger charge is -2.42. The van der Waals surface area contributed by atoms with Crippen molar-refractivity contribution in [3.8, 4) is 11.1 Å². The molecule has 0 aliphatic carbocycles. The second-order valence-corrected chi connectivity index (χ2v) is 9.71. The topological polar surface area (TPSA) is 66.3 Å². The molecule has 1 atom stereocenters. The van der Waals surface area contributed by atoms with E-state index in [4.69, 9.17) is 23.2 Å². The maximum atomic E-state index is 12.4. The van der Waals surface area contributed by atoms with Gasteiger partial charge in [-0.15, -0.1) is 0 Å². The third kappa shape index (κ3) is 4.29. The first-order valence-corrected chi connectivity index (χ1v) is 12.4. The first-order valence-electron chi connectivity index (χ1n) is 11.6. The van der Waals surface area contributed by atoms with Gasteiger partial charge >= 0.3 is 0 Å². The van der Waals surface area contributed by atoms with Crippen molar-refractivity contribution in [1.29, 1.82) is 0 Å². The van der Waals surface area contributed by atoms with Gasteiger partial charge in [0.1, 0.15) is 10.8 Å². The van der Waals surface area contributed by atoms with Crippen molar-refractivity contribution in [1.82, 2.24) is 14.9 Å². The predicted molar refractivity (Wildman–Crippen MR) is 139 cm³/mol. The number of amides is 1. The van der Waals surface area contributed by atoms with Crippen LogP contribution in [-0.4, -0.2) is 39.0 Å². The standard InChI is InChI=1S/C28H25Cl2N3O2/c1-18(34)33-14-11-20(12-15-33)28(35,22-8-5-13-31-17-22)21-9-10-24-23(16-21)26(29)25(27(30)32-24)19-6-3-2-4-7-19/h2-10,13,16-17,20,35H,11-12,14-15H2,1H3. The van der Waals surface area contributed by atoms with Crippen LogP contribution in [0.2, 0.25) is 10.2 Å². The first-order chi connectivity index (χ1) is 16.9. The number of likely N-dealkylation sites (tertiary alicyclic amines) is 1. The van der Waals surface area contributed by atoms with Gasteiger partial charge < -0.3 is 10.0 Å². The number of aliphatic hydroxyl groups is 1. The average molecular weight is 506 g/mol. The molecule has 1 unspecified atom stereocenters. The van der Waals surface area contributed by atoms with E-state index in [0.29, 0.717) is 58.3 Å². The van der Waals surface area contributed by atoms with E-state index in [-0.39, 0.29) is 11.8 Å². The molecule has 0 spiro atoms. The molecule has 2 aromatic carbocycles. The molecule has 0 saturated carbocycles. The van der Waals surface area contributed by atoms with Crippen LogP contribution in [0.25, 0.3) is 22.0 Å². The van der Waals surface area contributed by atoms with E-state index in [1.165, 1.54) is 0 Å². The molecule has 1 amide bonds. The number of aromatic nitrogens is 2. The molecule has 1 aliphatic heterocycles. The summed E-state index contributed by atoms with van der Waals surface area (Å²) in [5.74, 6) is -0.0466. The van der Waals surface area contributed by atoms with Gasteiger partial charge in [0.25, 0.3) is 0 Å². The second-order valence-electron chi connectivity index (χ2n) is 8.98. The van der Waals surface area contributed by atoms with Crippen LogP contribution in [0.3, 0.4) is 0 Å². The van der Waals surface area contributed by atoms with Crippen LogP contribution in [0.15, 0.2) is 73.1 Å². The molecule has 0 bridgehead atoms. The van der Waals surface area contributed by atoms with Gasteiger partial charge in [-0.05, 0) is 48.1 Å². The number of fused-ring (bicyclic) bond motifs is 1. The summed E-state index contributed by atoms with van der Waals surface area (Å²) in [4.78, 5) is 22.6. The molecule has 7 heteroatoms. The number of piperidine rings is 1. The number of pyridine rings is 2. The molecule has 1 fully saturated rings. The Balaban J connectivity index is 1.65. The van der Waals surface area contributed by atoms with Gasteiger partial charge in [0.15, 0.2) is 0 Å². The van der Waals surface area contributed by atoms with Crippen molar-refractivity contribution < 1.29 is 9.90 Å². The molecule has 1 N–H and O–H groups in total. The summed E-state index contributed by atoms with van der Waals surface area (Å²) >= 11 is 13.5. The maximum absolute atomic E-state index is 12.4. The molecule has 4 aromatic rings. The molecule has 178 valence electrons. The molecule has 2 aromatic heterocycles. The monoisotopic (exact) mass is 505 g/mol. The van der Waals surface area contributed by atoms with Crippen LogP contribution in [0.5, 0.6) is 0 Å². The summed E-state index contributed by atoms with van der Waals surface area (Å²) in [5.41, 5.74) is 2.32. The fraction of sp³-hybridized carbons (Fsp3) is 0.250. The molecule has 3 heterocycles. The molecule has 5 rings (SSSR count). The number of carbonyl (C=O) groups is 1. The Morgan fingerprint density at radius 1 is 1.03 bits per heavy atom. The van der Waals surface area contributed by atoms with E-state index in [1.807, 2.05) is 65.6 Å². The number of hydrogen-bond donors (Lipinski definition) is 1. The van der Waals surface area contributed by atoms with Gasteiger partial charge in [0.05, 0.1) is 10.5 Å². The zero-order chi connectivity index (χ0) is 24.6. The molecule has 1 aliphatic rings. The fourth-order valence-electron chi connectivity index (χ4n) is 5.12. The Kier molecular flexibility index (Phi) is 6.49. The van der Waals surface area contributed by atoms with Crippen molar-refractivity contribution in [3.05, 3.63) is 94.4 Å². The normalized spacial score (nSPS) is 16.3. The number of benzene rings is 2.